The Morgan fingerprint density at radius 1 is 0.173 bits per heavy atom. The van der Waals surface area contributed by atoms with Crippen molar-refractivity contribution >= 4 is 68.4 Å². The minimum Gasteiger partial charge on any atom is -0.268 e. The molecule has 0 unspecified atom stereocenters. The average molecular weight is 1970 g/mol. The zero-order valence-electron chi connectivity index (χ0n) is 87.9. The highest BCUT2D eigenvalue weighted by molar-refractivity contribution is 6.02. The Kier molecular flexibility index (Phi) is 41.4. The van der Waals surface area contributed by atoms with Crippen LogP contribution in [0.3, 0.4) is 0 Å². The fraction of sp³-hybridized carbons (Fsp3) is 0.136. The van der Waals surface area contributed by atoms with Crippen LogP contribution in [0.15, 0.2) is 572 Å². The Morgan fingerprint density at radius 3 is 0.627 bits per heavy atom. The van der Waals surface area contributed by atoms with Gasteiger partial charge in [0.2, 0.25) is 0 Å². The number of hydrogen-bond acceptors (Lipinski definition) is 12. The number of aromatic nitrogens is 6. The largest absolute Gasteiger partial charge is 0.268 e. The van der Waals surface area contributed by atoms with Crippen LogP contribution < -0.4 is 57.5 Å². The van der Waals surface area contributed by atoms with Crippen molar-refractivity contribution in [3.8, 4) is 0 Å². The molecule has 0 radical (unpaired) electrons. The van der Waals surface area contributed by atoms with E-state index in [9.17, 15) is 0 Å². The summed E-state index contributed by atoms with van der Waals surface area (Å²) in [5.74, 6) is 0. The molecule has 0 spiro atoms. The molecule has 0 bridgehead atoms. The molecule has 0 saturated carbocycles. The predicted octanol–water partition coefficient (Wildman–Crippen LogP) is 25.0. The van der Waals surface area contributed by atoms with Crippen LogP contribution in [0, 0.1) is 0 Å². The van der Waals surface area contributed by atoms with E-state index in [1.165, 1.54) is 38.9 Å². The lowest BCUT2D eigenvalue weighted by molar-refractivity contribution is -0.688. The van der Waals surface area contributed by atoms with Gasteiger partial charge in [0.25, 0.3) is 0 Å². The van der Waals surface area contributed by atoms with Gasteiger partial charge in [0.15, 0.2) is 94.0 Å². The summed E-state index contributed by atoms with van der Waals surface area (Å²) in [5.41, 5.74) is 28.0. The van der Waals surface area contributed by atoms with E-state index in [0.717, 1.165) is 148 Å². The molecule has 0 aliphatic carbocycles. The van der Waals surface area contributed by atoms with Crippen molar-refractivity contribution in [2.24, 2.45) is 51.8 Å². The Labute approximate surface area is 887 Å². The molecule has 0 amide bonds. The van der Waals surface area contributed by atoms with E-state index >= 15 is 0 Å². The third-order valence-electron chi connectivity index (χ3n) is 24.5. The van der Waals surface area contributed by atoms with Gasteiger partial charge in [-0.3, -0.25) is 30.1 Å². The van der Waals surface area contributed by atoms with Crippen molar-refractivity contribution in [2.45, 2.75) is 87.4 Å². The molecule has 19 aromatic rings. The number of rotatable bonds is 32. The second-order valence-corrected chi connectivity index (χ2v) is 36.3. The lowest BCUT2D eigenvalue weighted by atomic mass is 10.2. The summed E-state index contributed by atoms with van der Waals surface area (Å²) in [4.78, 5) is 0. The molecular weight excluding hydrogens is 1840 g/mol. The molecule has 0 aliphatic rings. The number of aryl methyl sites for hydroxylation is 3. The van der Waals surface area contributed by atoms with Crippen LogP contribution in [0.25, 0.3) is 0 Å². The Bertz CT molecular complexity index is 7380. The molecule has 18 nitrogen and oxygen atoms in total. The van der Waals surface area contributed by atoms with Gasteiger partial charge in [0, 0.05) is 114 Å². The van der Waals surface area contributed by atoms with Crippen molar-refractivity contribution in [3.05, 3.63) is 614 Å². The zero-order valence-corrected chi connectivity index (χ0v) is 87.9. The average Bonchev–Trinajstić information content (AvgIpc) is 0.847. The van der Waals surface area contributed by atoms with Gasteiger partial charge < -0.3 is 0 Å². The molecule has 0 aliphatic heterocycles. The maximum Gasteiger partial charge on any atom is 0.178 e. The quantitative estimate of drug-likeness (QED) is 0.0235. The molecule has 13 aromatic carbocycles. The number of anilines is 6. The van der Waals surface area contributed by atoms with Gasteiger partial charge >= 0.3 is 0 Å². The number of hydrazone groups is 6. The van der Waals surface area contributed by atoms with Crippen molar-refractivity contribution in [3.63, 3.8) is 0 Å². The van der Waals surface area contributed by atoms with Gasteiger partial charge in [0.1, 0.15) is 21.1 Å². The van der Waals surface area contributed by atoms with Gasteiger partial charge in [0.05, 0.1) is 106 Å². The number of benzene rings is 13. The highest BCUT2D eigenvalue weighted by Crippen LogP contribution is 2.26. The number of nitrogens with zero attached hydrogens (tertiary/aromatic N) is 18. The Balaban J connectivity index is 0.000000143. The van der Waals surface area contributed by atoms with Crippen molar-refractivity contribution in [2.75, 3.05) is 44.1 Å². The van der Waals surface area contributed by atoms with E-state index in [-0.39, 0.29) is 0 Å². The van der Waals surface area contributed by atoms with E-state index in [4.69, 9.17) is 20.4 Å². The predicted molar refractivity (Wildman–Crippen MR) is 619 cm³/mol. The van der Waals surface area contributed by atoms with Crippen LogP contribution in [0.2, 0.25) is 0 Å². The normalized spacial score (nSPS) is 11.3. The smallest absolute Gasteiger partial charge is 0.178 e. The van der Waals surface area contributed by atoms with E-state index in [0.29, 0.717) is 0 Å². The summed E-state index contributed by atoms with van der Waals surface area (Å²) in [6.45, 7) is 17.8. The van der Waals surface area contributed by atoms with Gasteiger partial charge in [-0.05, 0) is 149 Å². The van der Waals surface area contributed by atoms with Crippen LogP contribution >= 0.6 is 0 Å². The summed E-state index contributed by atoms with van der Waals surface area (Å²) in [6.07, 6.45) is 24.9. The van der Waals surface area contributed by atoms with E-state index < -0.39 is 0 Å². The fourth-order valence-electron chi connectivity index (χ4n) is 16.2. The first-order valence-electron chi connectivity index (χ1n) is 50.7. The van der Waals surface area contributed by atoms with Crippen LogP contribution in [0.4, 0.5) is 34.1 Å². The van der Waals surface area contributed by atoms with Gasteiger partial charge in [-0.2, -0.15) is 30.6 Å². The van der Waals surface area contributed by atoms with Gasteiger partial charge in [-0.25, -0.2) is 27.4 Å². The van der Waals surface area contributed by atoms with Gasteiger partial charge in [-0.1, -0.05) is 322 Å². The SMILES string of the molecule is C/C(=N\N(C)c1ccccc1)c1cc[n+](C)cc1.C/C(=N\N(C)c1ccccc1)c1cc[n+](Cc2ccccc2)cc1.C/C(=N\N(Cc1ccccc1)c1ccccc1)c1cc[n+](C)cc1.C/C(=N\N(Cc1ccccc1)c1ccccc1)c1cc[n+](Cc2ccccc2)cc1.C/C(=N\N(Cc1ccccc1)c1ccccc1)c1ccc[n+](C)c1.C/C(=N\N(Cc1ccccc1)c1ccccc1)c1ccc[n+](Cc2ccccc2)c1. The topological polar surface area (TPSA) is 117 Å². The first kappa shape index (κ1) is 107. The molecule has 150 heavy (non-hydrogen) atoms. The van der Waals surface area contributed by atoms with Crippen molar-refractivity contribution in [1.82, 2.24) is 0 Å². The third kappa shape index (κ3) is 35.5. The minimum absolute atomic E-state index is 0.721. The molecule has 6 heterocycles. The van der Waals surface area contributed by atoms with E-state index in [1.54, 1.807) is 0 Å². The lowest BCUT2D eigenvalue weighted by Gasteiger charge is -2.20. The van der Waals surface area contributed by atoms with Crippen LogP contribution in [0.1, 0.15) is 114 Å². The molecule has 0 atom stereocenters. The minimum atomic E-state index is 0.721. The van der Waals surface area contributed by atoms with E-state index in [2.05, 4.69) is 424 Å². The summed E-state index contributed by atoms with van der Waals surface area (Å²) in [6, 6.07) is 160. The van der Waals surface area contributed by atoms with Gasteiger partial charge in [-0.15, -0.1) is 0 Å². The molecule has 0 fully saturated rings. The second kappa shape index (κ2) is 57.9. The van der Waals surface area contributed by atoms with Crippen molar-refractivity contribution in [1.29, 1.82) is 0 Å². The summed E-state index contributed by atoms with van der Waals surface area (Å²) in [5, 5.41) is 41.0. The molecule has 0 N–H and O–H groups in total. The standard InChI is InChI=1S/2C27H26N3.3C21H22N3.C15H18N3/c1-23(26-16-11-19-29(22-26)20-24-12-5-2-6-13-24)28-30(27-17-9-4-10-18-27)21-25-14-7-3-8-15-25;1-23(26-17-19-29(20-18-26)21-24-11-5-2-6-12-24)28-30(27-15-9-4-10-16-27)22-25-13-7-3-8-14-25;1-18(20-12-9-15-23(2)17-20)22-24(21-13-7-4-8-14-21)16-19-10-5-3-6-11-19;1-18(22-23(2)21-11-7-4-8-12-21)20-13-15-24(16-14-20)17-19-9-5-3-6-10-19;1-18(20-13-15-23(2)16-14-20)22-24(21-11-7-4-8-12-21)17-19-9-5-3-6-10-19;1-13(14-9-11-17(2)12-10-14)16-18(3)15-7-5-4-6-8-15/h2-19,22H,20-21H2,1H3;2-20H,21-22H2,1H3;3-15,17H,16H2,1-2H3;2*3-16H,17H2,1-2H3;4-12H,1-3H3/q6*+1/b28-23+;;22-18+;;;. The number of para-hydroxylation sites is 6. The second-order valence-electron chi connectivity index (χ2n) is 36.3. The Morgan fingerprint density at radius 2 is 0.373 bits per heavy atom. The highest BCUT2D eigenvalue weighted by Gasteiger charge is 2.18. The summed E-state index contributed by atoms with van der Waals surface area (Å²) < 4.78 is 12.6. The molecular formula is C132H136N18+6. The number of hydrogen-bond donors (Lipinski definition) is 0. The van der Waals surface area contributed by atoms with Crippen LogP contribution in [-0.4, -0.2) is 48.4 Å². The van der Waals surface area contributed by atoms with Crippen LogP contribution in [0.5, 0.6) is 0 Å². The molecule has 0 saturated heterocycles. The molecule has 18 heteroatoms. The summed E-state index contributed by atoms with van der Waals surface area (Å²) >= 11 is 0. The fourth-order valence-corrected chi connectivity index (χ4v) is 16.2. The highest BCUT2D eigenvalue weighted by atomic mass is 15.5. The molecule has 748 valence electrons. The summed E-state index contributed by atoms with van der Waals surface area (Å²) in [7, 11) is 9.98. The Hall–Kier alpha value is -18.4. The molecule has 19 rings (SSSR count). The number of pyridine rings is 6. The lowest BCUT2D eigenvalue weighted by Crippen LogP contribution is -2.34. The van der Waals surface area contributed by atoms with Crippen LogP contribution in [-0.2, 0) is 67.0 Å². The third-order valence-corrected chi connectivity index (χ3v) is 24.5. The zero-order chi connectivity index (χ0) is 104. The first-order chi connectivity index (χ1) is 73.4. The maximum absolute atomic E-state index is 5.00. The van der Waals surface area contributed by atoms with E-state index in [1.807, 2.05) is 262 Å². The molecule has 6 aromatic heterocycles. The maximum atomic E-state index is 5.00. The monoisotopic (exact) mass is 1970 g/mol. The van der Waals surface area contributed by atoms with Crippen molar-refractivity contribution < 1.29 is 27.4 Å². The first-order valence-corrected chi connectivity index (χ1v) is 50.7.